The van der Waals surface area contributed by atoms with Gasteiger partial charge in [0.1, 0.15) is 0 Å². The van der Waals surface area contributed by atoms with Crippen molar-refractivity contribution in [2.75, 3.05) is 7.11 Å². The molecule has 2 atom stereocenters. The molecule has 130 valence electrons. The van der Waals surface area contributed by atoms with E-state index < -0.39 is 18.0 Å². The van der Waals surface area contributed by atoms with Crippen LogP contribution in [0.3, 0.4) is 0 Å². The van der Waals surface area contributed by atoms with E-state index in [0.29, 0.717) is 29.0 Å². The lowest BCUT2D eigenvalue weighted by Crippen LogP contribution is -2.45. The highest BCUT2D eigenvalue weighted by molar-refractivity contribution is 5.95. The second-order valence-corrected chi connectivity index (χ2v) is 5.63. The van der Waals surface area contributed by atoms with Crippen molar-refractivity contribution in [3.63, 3.8) is 0 Å². The van der Waals surface area contributed by atoms with Gasteiger partial charge in [-0.05, 0) is 38.0 Å². The van der Waals surface area contributed by atoms with E-state index in [-0.39, 0.29) is 11.9 Å². The number of aromatic hydroxyl groups is 1. The Morgan fingerprint density at radius 1 is 1.42 bits per heavy atom. The normalized spacial score (nSPS) is 18.5. The van der Waals surface area contributed by atoms with Gasteiger partial charge < -0.3 is 25.2 Å². The molecule has 2 amide bonds. The minimum Gasteiger partial charge on any atom is -0.504 e. The van der Waals surface area contributed by atoms with Crippen LogP contribution in [0.2, 0.25) is 0 Å². The molecular formula is C17H22N2O5. The number of phenolic OH excluding ortho intramolecular Hbond substituents is 1. The number of carbonyl (C=O) groups excluding carboxylic acids is 2. The van der Waals surface area contributed by atoms with Crippen LogP contribution in [0.4, 0.5) is 4.79 Å². The largest absolute Gasteiger partial charge is 0.504 e. The van der Waals surface area contributed by atoms with Gasteiger partial charge in [-0.3, -0.25) is 0 Å². The second kappa shape index (κ2) is 7.25. The number of ether oxygens (including phenoxy) is 2. The molecule has 0 radical (unpaired) electrons. The summed E-state index contributed by atoms with van der Waals surface area (Å²) < 4.78 is 10.4. The van der Waals surface area contributed by atoms with Crippen molar-refractivity contribution in [1.29, 1.82) is 0 Å². The zero-order chi connectivity index (χ0) is 17.9. The first-order chi connectivity index (χ1) is 11.4. The second-order valence-electron chi connectivity index (χ2n) is 5.63. The molecule has 1 aliphatic rings. The van der Waals surface area contributed by atoms with Crippen molar-refractivity contribution in [2.45, 2.75) is 39.3 Å². The van der Waals surface area contributed by atoms with Crippen molar-refractivity contribution in [3.8, 4) is 11.5 Å². The zero-order valence-corrected chi connectivity index (χ0v) is 14.2. The Balaban J connectivity index is 2.41. The molecule has 0 spiro atoms. The fraction of sp³-hybridized carbons (Fsp3) is 0.412. The Morgan fingerprint density at radius 3 is 2.71 bits per heavy atom. The number of methoxy groups -OCH3 is 1. The van der Waals surface area contributed by atoms with Gasteiger partial charge in [0.25, 0.3) is 0 Å². The minimum absolute atomic E-state index is 0.0740. The molecule has 7 heteroatoms. The molecular weight excluding hydrogens is 312 g/mol. The number of amides is 2. The van der Waals surface area contributed by atoms with Crippen LogP contribution in [0.25, 0.3) is 0 Å². The number of esters is 1. The van der Waals surface area contributed by atoms with Crippen molar-refractivity contribution in [2.24, 2.45) is 0 Å². The van der Waals surface area contributed by atoms with Crippen molar-refractivity contribution in [3.05, 3.63) is 35.0 Å². The highest BCUT2D eigenvalue weighted by Gasteiger charge is 2.33. The molecule has 24 heavy (non-hydrogen) atoms. The molecule has 0 bridgehead atoms. The molecule has 0 saturated heterocycles. The standard InChI is InChI=1S/C17H22N2O5/c1-5-9(2)24-16(21)14-10(3)18-17(22)19-15(14)11-6-7-13(23-4)12(20)8-11/h6-9,15,20H,5H2,1-4H3,(H2,18,19,22)/t9-,15-/m1/s1. The lowest BCUT2D eigenvalue weighted by molar-refractivity contribution is -0.144. The lowest BCUT2D eigenvalue weighted by atomic mass is 9.95. The number of nitrogens with one attached hydrogen (secondary N) is 2. The molecule has 0 fully saturated rings. The maximum atomic E-state index is 12.5. The van der Waals surface area contributed by atoms with Gasteiger partial charge in [-0.25, -0.2) is 9.59 Å². The van der Waals surface area contributed by atoms with Crippen LogP contribution in [-0.4, -0.2) is 30.3 Å². The Morgan fingerprint density at radius 2 is 2.12 bits per heavy atom. The molecule has 1 heterocycles. The van der Waals surface area contributed by atoms with E-state index in [9.17, 15) is 14.7 Å². The predicted molar refractivity (Wildman–Crippen MR) is 87.6 cm³/mol. The molecule has 1 aliphatic heterocycles. The van der Waals surface area contributed by atoms with Gasteiger partial charge in [-0.2, -0.15) is 0 Å². The van der Waals surface area contributed by atoms with E-state index in [2.05, 4.69) is 10.6 Å². The summed E-state index contributed by atoms with van der Waals surface area (Å²) in [5, 5.41) is 15.2. The number of benzene rings is 1. The van der Waals surface area contributed by atoms with Crippen LogP contribution in [0.1, 0.15) is 38.8 Å². The van der Waals surface area contributed by atoms with Crippen LogP contribution in [0, 0.1) is 0 Å². The number of rotatable bonds is 5. The van der Waals surface area contributed by atoms with Gasteiger partial charge in [-0.15, -0.1) is 0 Å². The summed E-state index contributed by atoms with van der Waals surface area (Å²) in [6.45, 7) is 5.36. The van der Waals surface area contributed by atoms with E-state index >= 15 is 0 Å². The first kappa shape index (κ1) is 17.7. The molecule has 7 nitrogen and oxygen atoms in total. The number of hydrogen-bond donors (Lipinski definition) is 3. The molecule has 0 aliphatic carbocycles. The predicted octanol–water partition coefficient (Wildman–Crippen LogP) is 2.37. The lowest BCUT2D eigenvalue weighted by Gasteiger charge is -2.29. The Labute approximate surface area is 140 Å². The number of hydrogen-bond acceptors (Lipinski definition) is 5. The summed E-state index contributed by atoms with van der Waals surface area (Å²) in [5.41, 5.74) is 1.28. The molecule has 0 saturated carbocycles. The van der Waals surface area contributed by atoms with Crippen LogP contribution in [0.5, 0.6) is 11.5 Å². The van der Waals surface area contributed by atoms with E-state index in [1.807, 2.05) is 6.92 Å². The molecule has 0 aromatic heterocycles. The van der Waals surface area contributed by atoms with Crippen LogP contribution in [-0.2, 0) is 9.53 Å². The Hall–Kier alpha value is -2.70. The number of carbonyl (C=O) groups is 2. The van der Waals surface area contributed by atoms with Gasteiger partial charge in [0, 0.05) is 5.70 Å². The summed E-state index contributed by atoms with van der Waals surface area (Å²) in [4.78, 5) is 24.3. The number of phenols is 1. The highest BCUT2D eigenvalue weighted by Crippen LogP contribution is 2.33. The molecule has 1 aromatic rings. The van der Waals surface area contributed by atoms with E-state index in [1.54, 1.807) is 26.0 Å². The molecule has 0 unspecified atom stereocenters. The van der Waals surface area contributed by atoms with Crippen LogP contribution in [0.15, 0.2) is 29.5 Å². The molecule has 2 rings (SSSR count). The fourth-order valence-corrected chi connectivity index (χ4v) is 2.43. The van der Waals surface area contributed by atoms with Gasteiger partial charge in [-0.1, -0.05) is 13.0 Å². The molecule has 3 N–H and O–H groups in total. The SMILES string of the molecule is CC[C@@H](C)OC(=O)C1=C(C)NC(=O)N[C@@H]1c1ccc(OC)c(O)c1. The maximum absolute atomic E-state index is 12.5. The molecule has 1 aromatic carbocycles. The van der Waals surface area contributed by atoms with E-state index in [4.69, 9.17) is 9.47 Å². The van der Waals surface area contributed by atoms with Gasteiger partial charge in [0.05, 0.1) is 24.8 Å². The van der Waals surface area contributed by atoms with Gasteiger partial charge in [0.2, 0.25) is 0 Å². The van der Waals surface area contributed by atoms with Crippen molar-refractivity contribution < 1.29 is 24.2 Å². The van der Waals surface area contributed by atoms with Crippen molar-refractivity contribution in [1.82, 2.24) is 10.6 Å². The zero-order valence-electron chi connectivity index (χ0n) is 14.2. The van der Waals surface area contributed by atoms with Gasteiger partial charge in [0.15, 0.2) is 11.5 Å². The summed E-state index contributed by atoms with van der Waals surface area (Å²) in [7, 11) is 1.44. The van der Waals surface area contributed by atoms with Crippen LogP contribution >= 0.6 is 0 Å². The average molecular weight is 334 g/mol. The summed E-state index contributed by atoms with van der Waals surface area (Å²) in [6, 6.07) is 3.57. The smallest absolute Gasteiger partial charge is 0.338 e. The Kier molecular flexibility index (Phi) is 5.33. The van der Waals surface area contributed by atoms with Crippen molar-refractivity contribution >= 4 is 12.0 Å². The first-order valence-electron chi connectivity index (χ1n) is 7.73. The third kappa shape index (κ3) is 3.61. The third-order valence-electron chi connectivity index (χ3n) is 3.91. The van der Waals surface area contributed by atoms with E-state index in [1.165, 1.54) is 13.2 Å². The summed E-state index contributed by atoms with van der Waals surface area (Å²) in [5.74, 6) is -0.270. The first-order valence-corrected chi connectivity index (χ1v) is 7.73. The monoisotopic (exact) mass is 334 g/mol. The quantitative estimate of drug-likeness (QED) is 0.718. The fourth-order valence-electron chi connectivity index (χ4n) is 2.43. The van der Waals surface area contributed by atoms with E-state index in [0.717, 1.165) is 0 Å². The highest BCUT2D eigenvalue weighted by atomic mass is 16.5. The van der Waals surface area contributed by atoms with Gasteiger partial charge >= 0.3 is 12.0 Å². The Bertz CT molecular complexity index is 684. The summed E-state index contributed by atoms with van der Waals surface area (Å²) >= 11 is 0. The number of urea groups is 1. The minimum atomic E-state index is -0.716. The van der Waals surface area contributed by atoms with Crippen LogP contribution < -0.4 is 15.4 Å². The number of allylic oxidation sites excluding steroid dienone is 1. The average Bonchev–Trinajstić information content (AvgIpc) is 2.53. The summed E-state index contributed by atoms with van der Waals surface area (Å²) in [6.07, 6.45) is 0.451. The topological polar surface area (TPSA) is 96.9 Å². The maximum Gasteiger partial charge on any atom is 0.338 e. The third-order valence-corrected chi connectivity index (χ3v) is 3.91.